The highest BCUT2D eigenvalue weighted by Gasteiger charge is 2.27. The first-order valence-electron chi connectivity index (χ1n) is 12.8. The van der Waals surface area contributed by atoms with Gasteiger partial charge in [-0.05, 0) is 70.4 Å². The number of carbonyl (C=O) groups excluding carboxylic acids is 2. The van der Waals surface area contributed by atoms with E-state index in [9.17, 15) is 18.0 Å². The minimum atomic E-state index is -3.56. The van der Waals surface area contributed by atoms with Crippen LogP contribution in [0.2, 0.25) is 0 Å². The Balaban J connectivity index is 2.15. The summed E-state index contributed by atoms with van der Waals surface area (Å²) in [6, 6.07) is 14.0. The smallest absolute Gasteiger partial charge is 0.242 e. The van der Waals surface area contributed by atoms with E-state index in [0.717, 1.165) is 23.8 Å². The number of aryl methyl sites for hydroxylation is 1. The van der Waals surface area contributed by atoms with Crippen LogP contribution in [0.1, 0.15) is 58.1 Å². The molecule has 2 aromatic rings. The number of nitrogens with one attached hydrogen (secondary N) is 1. The van der Waals surface area contributed by atoms with Gasteiger partial charge in [-0.3, -0.25) is 13.9 Å². The number of hydrogen-bond donors (Lipinski definition) is 1. The van der Waals surface area contributed by atoms with E-state index in [0.29, 0.717) is 31.0 Å². The maximum absolute atomic E-state index is 13.4. The number of sulfonamides is 1. The highest BCUT2D eigenvalue weighted by atomic mass is 32.2. The minimum absolute atomic E-state index is 0.00344. The van der Waals surface area contributed by atoms with Gasteiger partial charge in [-0.15, -0.1) is 0 Å². The van der Waals surface area contributed by atoms with Gasteiger partial charge in [0.05, 0.1) is 18.6 Å². The van der Waals surface area contributed by atoms with Crippen molar-refractivity contribution in [3.8, 4) is 5.75 Å². The van der Waals surface area contributed by atoms with Gasteiger partial charge in [0.25, 0.3) is 0 Å². The third-order valence-electron chi connectivity index (χ3n) is 6.23. The fraction of sp³-hybridized carbons (Fsp3) is 0.500. The molecule has 1 N–H and O–H groups in total. The van der Waals surface area contributed by atoms with Crippen LogP contribution in [0.25, 0.3) is 0 Å². The number of benzene rings is 2. The molecule has 0 aliphatic heterocycles. The zero-order valence-corrected chi connectivity index (χ0v) is 23.7. The molecule has 2 aromatic carbocycles. The fourth-order valence-electron chi connectivity index (χ4n) is 3.82. The summed E-state index contributed by atoms with van der Waals surface area (Å²) in [6.45, 7) is 10.5. The standard InChI is InChI=1S/C28H41N3O5S/c1-7-22(4)29-28(33)23(5)30(20-24-13-11-21(3)12-14-24)27(32)10-9-19-31(37(6,34)35)25-15-17-26(18-16-25)36-8-2/h11-18,22-23H,7-10,19-20H2,1-6H3,(H,29,33). The van der Waals surface area contributed by atoms with Crippen LogP contribution >= 0.6 is 0 Å². The van der Waals surface area contributed by atoms with Crippen molar-refractivity contribution in [1.82, 2.24) is 10.2 Å². The molecule has 9 heteroatoms. The van der Waals surface area contributed by atoms with Crippen LogP contribution < -0.4 is 14.4 Å². The van der Waals surface area contributed by atoms with Gasteiger partial charge in [-0.1, -0.05) is 36.8 Å². The molecular formula is C28H41N3O5S. The van der Waals surface area contributed by atoms with Crippen LogP contribution in [-0.4, -0.2) is 56.6 Å². The number of amides is 2. The Labute approximate surface area is 222 Å². The van der Waals surface area contributed by atoms with E-state index in [-0.39, 0.29) is 30.8 Å². The summed E-state index contributed by atoms with van der Waals surface area (Å²) in [5, 5.41) is 2.96. The lowest BCUT2D eigenvalue weighted by Gasteiger charge is -2.30. The van der Waals surface area contributed by atoms with E-state index >= 15 is 0 Å². The molecule has 0 aromatic heterocycles. The van der Waals surface area contributed by atoms with Crippen molar-refractivity contribution in [3.63, 3.8) is 0 Å². The van der Waals surface area contributed by atoms with Crippen molar-refractivity contribution in [2.45, 2.75) is 72.5 Å². The second-order valence-electron chi connectivity index (χ2n) is 9.37. The van der Waals surface area contributed by atoms with Crippen molar-refractivity contribution in [2.24, 2.45) is 0 Å². The molecule has 8 nitrogen and oxygen atoms in total. The van der Waals surface area contributed by atoms with E-state index in [1.54, 1.807) is 36.1 Å². The lowest BCUT2D eigenvalue weighted by Crippen LogP contribution is -2.49. The fourth-order valence-corrected chi connectivity index (χ4v) is 4.78. The van der Waals surface area contributed by atoms with Crippen LogP contribution in [-0.2, 0) is 26.2 Å². The molecule has 0 aliphatic rings. The second-order valence-corrected chi connectivity index (χ2v) is 11.3. The van der Waals surface area contributed by atoms with E-state index in [1.807, 2.05) is 52.0 Å². The summed E-state index contributed by atoms with van der Waals surface area (Å²) in [6.07, 6.45) is 2.35. The van der Waals surface area contributed by atoms with Gasteiger partial charge in [0.2, 0.25) is 21.8 Å². The monoisotopic (exact) mass is 531 g/mol. The van der Waals surface area contributed by atoms with Gasteiger partial charge in [-0.25, -0.2) is 8.42 Å². The SMILES string of the molecule is CCOc1ccc(N(CCCC(=O)N(Cc2ccc(C)cc2)C(C)C(=O)NC(C)CC)S(C)(=O)=O)cc1. The molecule has 204 valence electrons. The maximum Gasteiger partial charge on any atom is 0.242 e. The number of ether oxygens (including phenoxy) is 1. The number of rotatable bonds is 14. The van der Waals surface area contributed by atoms with Crippen molar-refractivity contribution >= 4 is 27.5 Å². The molecule has 0 spiro atoms. The first-order valence-corrected chi connectivity index (χ1v) is 14.7. The second kappa shape index (κ2) is 14.0. The lowest BCUT2D eigenvalue weighted by atomic mass is 10.1. The predicted octanol–water partition coefficient (Wildman–Crippen LogP) is 4.27. The van der Waals surface area contributed by atoms with Gasteiger partial charge in [0, 0.05) is 25.6 Å². The quantitative estimate of drug-likeness (QED) is 0.393. The highest BCUT2D eigenvalue weighted by Crippen LogP contribution is 2.22. The number of carbonyl (C=O) groups is 2. The Kier molecular flexibility index (Phi) is 11.4. The van der Waals surface area contributed by atoms with Crippen molar-refractivity contribution in [1.29, 1.82) is 0 Å². The summed E-state index contributed by atoms with van der Waals surface area (Å²) in [7, 11) is -3.56. The van der Waals surface area contributed by atoms with Crippen LogP contribution in [0.5, 0.6) is 5.75 Å². The molecule has 0 radical (unpaired) electrons. The molecule has 2 rings (SSSR count). The largest absolute Gasteiger partial charge is 0.494 e. The molecule has 2 atom stereocenters. The summed E-state index contributed by atoms with van der Waals surface area (Å²) < 4.78 is 31.7. The lowest BCUT2D eigenvalue weighted by molar-refractivity contribution is -0.140. The molecule has 0 saturated heterocycles. The zero-order chi connectivity index (χ0) is 27.6. The average molecular weight is 532 g/mol. The van der Waals surface area contributed by atoms with E-state index in [4.69, 9.17) is 4.74 Å². The Morgan fingerprint density at radius 2 is 1.62 bits per heavy atom. The molecule has 0 fully saturated rings. The summed E-state index contributed by atoms with van der Waals surface area (Å²) in [5.41, 5.74) is 2.55. The Morgan fingerprint density at radius 3 is 2.16 bits per heavy atom. The van der Waals surface area contributed by atoms with Crippen LogP contribution in [0.3, 0.4) is 0 Å². The average Bonchev–Trinajstić information content (AvgIpc) is 2.85. The van der Waals surface area contributed by atoms with Gasteiger partial charge in [-0.2, -0.15) is 0 Å². The van der Waals surface area contributed by atoms with Gasteiger partial charge >= 0.3 is 0 Å². The molecular weight excluding hydrogens is 490 g/mol. The van der Waals surface area contributed by atoms with Gasteiger partial charge in [0.15, 0.2) is 0 Å². The minimum Gasteiger partial charge on any atom is -0.494 e. The predicted molar refractivity (Wildman–Crippen MR) is 148 cm³/mol. The number of nitrogens with zero attached hydrogens (tertiary/aromatic N) is 2. The topological polar surface area (TPSA) is 96.0 Å². The summed E-state index contributed by atoms with van der Waals surface area (Å²) >= 11 is 0. The van der Waals surface area contributed by atoms with Gasteiger partial charge in [0.1, 0.15) is 11.8 Å². The van der Waals surface area contributed by atoms with E-state index < -0.39 is 16.1 Å². The van der Waals surface area contributed by atoms with Crippen molar-refractivity contribution in [3.05, 3.63) is 59.7 Å². The van der Waals surface area contributed by atoms with Crippen molar-refractivity contribution in [2.75, 3.05) is 23.7 Å². The molecule has 0 aliphatic carbocycles. The third kappa shape index (κ3) is 9.39. The maximum atomic E-state index is 13.4. The molecule has 2 amide bonds. The Bertz CT molecular complexity index is 1120. The van der Waals surface area contributed by atoms with Crippen LogP contribution in [0.15, 0.2) is 48.5 Å². The molecule has 37 heavy (non-hydrogen) atoms. The molecule has 2 unspecified atom stereocenters. The molecule has 0 heterocycles. The third-order valence-corrected chi connectivity index (χ3v) is 7.42. The number of anilines is 1. The van der Waals surface area contributed by atoms with Gasteiger partial charge < -0.3 is 15.0 Å². The normalized spacial score (nSPS) is 12.9. The van der Waals surface area contributed by atoms with Crippen LogP contribution in [0, 0.1) is 6.92 Å². The zero-order valence-electron chi connectivity index (χ0n) is 22.9. The molecule has 0 saturated carbocycles. The summed E-state index contributed by atoms with van der Waals surface area (Å²) in [5.74, 6) is 0.251. The van der Waals surface area contributed by atoms with E-state index in [1.165, 1.54) is 4.31 Å². The number of hydrogen-bond acceptors (Lipinski definition) is 5. The first-order chi connectivity index (χ1) is 17.5. The summed E-state index contributed by atoms with van der Waals surface area (Å²) in [4.78, 5) is 27.8. The highest BCUT2D eigenvalue weighted by molar-refractivity contribution is 7.92. The van der Waals surface area contributed by atoms with E-state index in [2.05, 4.69) is 5.32 Å². The molecule has 0 bridgehead atoms. The Hall–Kier alpha value is -3.07. The van der Waals surface area contributed by atoms with Crippen LogP contribution in [0.4, 0.5) is 5.69 Å². The van der Waals surface area contributed by atoms with Crippen molar-refractivity contribution < 1.29 is 22.7 Å². The Morgan fingerprint density at radius 1 is 1.00 bits per heavy atom. The first kappa shape index (κ1) is 30.2.